The van der Waals surface area contributed by atoms with Gasteiger partial charge in [-0.3, -0.25) is 0 Å². The SMILES string of the molecule is O=C(NCCCO[C@@H]1OC(CO)[C@H](O)C(O)[C@@H]1O)OC1Cc2ccccc2C#Cc2ccccc21. The Bertz CT molecular complexity index is 1080. The maximum absolute atomic E-state index is 12.5. The van der Waals surface area contributed by atoms with E-state index in [1.165, 1.54) is 0 Å². The summed E-state index contributed by atoms with van der Waals surface area (Å²) in [7, 11) is 0. The molecule has 4 rings (SSSR count). The molecule has 5 N–H and O–H groups in total. The number of aliphatic hydroxyl groups excluding tert-OH is 4. The van der Waals surface area contributed by atoms with Gasteiger partial charge in [-0.15, -0.1) is 0 Å². The molecule has 1 saturated heterocycles. The van der Waals surface area contributed by atoms with E-state index in [0.717, 1.165) is 22.3 Å². The molecule has 35 heavy (non-hydrogen) atoms. The number of hydrogen-bond acceptors (Lipinski definition) is 8. The lowest BCUT2D eigenvalue weighted by Gasteiger charge is -2.39. The lowest BCUT2D eigenvalue weighted by atomic mass is 9.92. The maximum Gasteiger partial charge on any atom is 0.407 e. The quantitative estimate of drug-likeness (QED) is 0.285. The average molecular weight is 484 g/mol. The summed E-state index contributed by atoms with van der Waals surface area (Å²) in [5, 5.41) is 41.6. The number of carbonyl (C=O) groups excluding carboxylic acids is 1. The van der Waals surface area contributed by atoms with E-state index < -0.39 is 49.5 Å². The number of benzene rings is 2. The molecule has 0 spiro atoms. The number of carbonyl (C=O) groups is 1. The molecule has 6 atom stereocenters. The molecule has 0 saturated carbocycles. The van der Waals surface area contributed by atoms with Crippen LogP contribution in [0.1, 0.15) is 34.8 Å². The van der Waals surface area contributed by atoms with Crippen LogP contribution < -0.4 is 5.32 Å². The first-order valence-corrected chi connectivity index (χ1v) is 11.5. The van der Waals surface area contributed by atoms with Crippen molar-refractivity contribution in [1.82, 2.24) is 5.32 Å². The van der Waals surface area contributed by atoms with Crippen LogP contribution in [0.3, 0.4) is 0 Å². The van der Waals surface area contributed by atoms with Gasteiger partial charge in [-0.2, -0.15) is 0 Å². The van der Waals surface area contributed by atoms with Gasteiger partial charge in [-0.05, 0) is 24.1 Å². The fraction of sp³-hybridized carbons (Fsp3) is 0.423. The largest absolute Gasteiger partial charge is 0.441 e. The van der Waals surface area contributed by atoms with Crippen LogP contribution >= 0.6 is 0 Å². The molecule has 1 amide bonds. The highest BCUT2D eigenvalue weighted by Crippen LogP contribution is 2.28. The van der Waals surface area contributed by atoms with Gasteiger partial charge in [-0.25, -0.2) is 4.79 Å². The van der Waals surface area contributed by atoms with Crippen molar-refractivity contribution in [2.24, 2.45) is 0 Å². The first-order valence-electron chi connectivity index (χ1n) is 11.5. The highest BCUT2D eigenvalue weighted by atomic mass is 16.7. The lowest BCUT2D eigenvalue weighted by Crippen LogP contribution is -2.59. The fourth-order valence-corrected chi connectivity index (χ4v) is 4.10. The van der Waals surface area contributed by atoms with Crippen molar-refractivity contribution in [3.05, 3.63) is 70.8 Å². The zero-order chi connectivity index (χ0) is 24.8. The Morgan fingerprint density at radius 1 is 1.00 bits per heavy atom. The second-order valence-electron chi connectivity index (χ2n) is 8.44. The van der Waals surface area contributed by atoms with E-state index in [0.29, 0.717) is 12.8 Å². The molecule has 0 aromatic heterocycles. The summed E-state index contributed by atoms with van der Waals surface area (Å²) in [5.74, 6) is 6.37. The number of amides is 1. The van der Waals surface area contributed by atoms with Crippen molar-refractivity contribution in [3.63, 3.8) is 0 Å². The van der Waals surface area contributed by atoms with Crippen LogP contribution in [0.25, 0.3) is 0 Å². The molecule has 1 aliphatic carbocycles. The summed E-state index contributed by atoms with van der Waals surface area (Å²) in [6.07, 6.45) is -6.86. The molecule has 9 nitrogen and oxygen atoms in total. The third-order valence-corrected chi connectivity index (χ3v) is 6.03. The summed E-state index contributed by atoms with van der Waals surface area (Å²) in [6, 6.07) is 15.4. The van der Waals surface area contributed by atoms with Crippen LogP contribution in [0.2, 0.25) is 0 Å². The first-order chi connectivity index (χ1) is 17.0. The van der Waals surface area contributed by atoms with Crippen molar-refractivity contribution in [3.8, 4) is 11.8 Å². The van der Waals surface area contributed by atoms with E-state index in [-0.39, 0.29) is 13.2 Å². The van der Waals surface area contributed by atoms with E-state index >= 15 is 0 Å². The maximum atomic E-state index is 12.5. The smallest absolute Gasteiger partial charge is 0.407 e. The topological polar surface area (TPSA) is 138 Å². The lowest BCUT2D eigenvalue weighted by molar-refractivity contribution is -0.301. The van der Waals surface area contributed by atoms with Crippen molar-refractivity contribution >= 4 is 6.09 Å². The fourth-order valence-electron chi connectivity index (χ4n) is 4.10. The van der Waals surface area contributed by atoms with Crippen molar-refractivity contribution < 1.29 is 39.4 Å². The molecular weight excluding hydrogens is 454 g/mol. The molecule has 1 aliphatic heterocycles. The van der Waals surface area contributed by atoms with Gasteiger partial charge in [-0.1, -0.05) is 48.2 Å². The van der Waals surface area contributed by atoms with Crippen LogP contribution in [0.15, 0.2) is 48.5 Å². The minimum absolute atomic E-state index is 0.0954. The Hall–Kier alpha value is -2.97. The van der Waals surface area contributed by atoms with Crippen molar-refractivity contribution in [2.75, 3.05) is 19.8 Å². The monoisotopic (exact) mass is 483 g/mol. The highest BCUT2D eigenvalue weighted by Gasteiger charge is 2.43. The van der Waals surface area contributed by atoms with Gasteiger partial charge in [0, 0.05) is 29.7 Å². The van der Waals surface area contributed by atoms with Gasteiger partial charge in [0.2, 0.25) is 0 Å². The molecule has 2 aromatic carbocycles. The van der Waals surface area contributed by atoms with Crippen molar-refractivity contribution in [2.45, 2.75) is 49.7 Å². The third-order valence-electron chi connectivity index (χ3n) is 6.03. The first kappa shape index (κ1) is 25.1. The number of ether oxygens (including phenoxy) is 3. The van der Waals surface area contributed by atoms with Crippen LogP contribution in [0.4, 0.5) is 4.79 Å². The molecule has 186 valence electrons. The zero-order valence-electron chi connectivity index (χ0n) is 19.0. The number of alkyl carbamates (subject to hydrolysis) is 1. The Kier molecular flexibility index (Phi) is 8.36. The van der Waals surface area contributed by atoms with E-state index in [1.807, 2.05) is 48.5 Å². The highest BCUT2D eigenvalue weighted by molar-refractivity contribution is 5.68. The third kappa shape index (κ3) is 6.00. The number of rotatable bonds is 7. The minimum Gasteiger partial charge on any atom is -0.441 e. The molecule has 2 aromatic rings. The minimum atomic E-state index is -1.50. The molecule has 0 radical (unpaired) electrons. The standard InChI is InChI=1S/C26H29NO8/c28-15-21-22(29)23(30)24(31)25(34-21)33-13-5-12-27-26(32)35-20-14-18-8-2-1-6-16(18)10-11-17-7-3-4-9-19(17)20/h1-4,6-9,20-25,28-31H,5,12-15H2,(H,27,32)/t20?,21?,22-,23?,24-,25+/m0/s1. The van der Waals surface area contributed by atoms with Gasteiger partial charge < -0.3 is 40.0 Å². The number of nitrogens with one attached hydrogen (secondary N) is 1. The van der Waals surface area contributed by atoms with E-state index in [2.05, 4.69) is 17.2 Å². The van der Waals surface area contributed by atoms with E-state index in [1.54, 1.807) is 0 Å². The van der Waals surface area contributed by atoms with Gasteiger partial charge in [0.25, 0.3) is 0 Å². The molecule has 0 bridgehead atoms. The molecule has 1 heterocycles. The molecular formula is C26H29NO8. The van der Waals surface area contributed by atoms with Crippen LogP contribution in [0.5, 0.6) is 0 Å². The second kappa shape index (κ2) is 11.6. The van der Waals surface area contributed by atoms with Crippen molar-refractivity contribution in [1.29, 1.82) is 0 Å². The van der Waals surface area contributed by atoms with E-state index in [9.17, 15) is 25.2 Å². The van der Waals surface area contributed by atoms with Gasteiger partial charge >= 0.3 is 6.09 Å². The van der Waals surface area contributed by atoms with E-state index in [4.69, 9.17) is 14.2 Å². The molecule has 3 unspecified atom stereocenters. The predicted octanol–water partition coefficient (Wildman–Crippen LogP) is 0.616. The number of hydrogen-bond donors (Lipinski definition) is 5. The van der Waals surface area contributed by atoms with Gasteiger partial charge in [0.1, 0.15) is 30.5 Å². The summed E-state index contributed by atoms with van der Waals surface area (Å²) < 4.78 is 16.5. The Morgan fingerprint density at radius 3 is 2.51 bits per heavy atom. The van der Waals surface area contributed by atoms with Crippen LogP contribution in [0, 0.1) is 11.8 Å². The Labute approximate surface area is 203 Å². The Morgan fingerprint density at radius 2 is 1.71 bits per heavy atom. The number of aliphatic hydroxyl groups is 4. The van der Waals surface area contributed by atoms with Gasteiger partial charge in [0.05, 0.1) is 13.2 Å². The summed E-state index contributed by atoms with van der Waals surface area (Å²) in [4.78, 5) is 12.5. The van der Waals surface area contributed by atoms with Crippen LogP contribution in [-0.2, 0) is 20.6 Å². The summed E-state index contributed by atoms with van der Waals surface area (Å²) in [5.41, 5.74) is 3.56. The summed E-state index contributed by atoms with van der Waals surface area (Å²) >= 11 is 0. The normalized spacial score (nSPS) is 27.3. The zero-order valence-corrected chi connectivity index (χ0v) is 19.0. The molecule has 9 heteroatoms. The second-order valence-corrected chi connectivity index (χ2v) is 8.44. The summed E-state index contributed by atoms with van der Waals surface area (Å²) in [6.45, 7) is -0.197. The Balaban J connectivity index is 1.29. The van der Waals surface area contributed by atoms with Crippen LogP contribution in [-0.4, -0.2) is 77.0 Å². The predicted molar refractivity (Wildman–Crippen MR) is 124 cm³/mol. The number of fused-ring (bicyclic) bond motifs is 2. The average Bonchev–Trinajstić information content (AvgIpc) is 2.86. The van der Waals surface area contributed by atoms with Gasteiger partial charge in [0.15, 0.2) is 6.29 Å². The molecule has 2 aliphatic rings. The molecule has 1 fully saturated rings.